The normalized spacial score (nSPS) is 10.5. The lowest BCUT2D eigenvalue weighted by Gasteiger charge is -2.10. The highest BCUT2D eigenvalue weighted by Gasteiger charge is 2.07. The lowest BCUT2D eigenvalue weighted by molar-refractivity contribution is 0.282. The van der Waals surface area contributed by atoms with E-state index < -0.39 is 0 Å². The molecule has 0 aliphatic rings. The van der Waals surface area contributed by atoms with Crippen molar-refractivity contribution in [2.45, 2.75) is 13.2 Å². The van der Waals surface area contributed by atoms with Gasteiger partial charge in [-0.05, 0) is 34.4 Å². The Morgan fingerprint density at radius 1 is 1.12 bits per heavy atom. The highest BCUT2D eigenvalue weighted by atomic mass is 35.5. The van der Waals surface area contributed by atoms with Gasteiger partial charge < -0.3 is 10.8 Å². The predicted octanol–water partition coefficient (Wildman–Crippen LogP) is 2.96. The minimum atomic E-state index is 0.0341. The van der Waals surface area contributed by atoms with E-state index >= 15 is 0 Å². The van der Waals surface area contributed by atoms with E-state index in [0.29, 0.717) is 11.6 Å². The maximum Gasteiger partial charge on any atom is 0.0682 e. The molecule has 0 aliphatic carbocycles. The van der Waals surface area contributed by atoms with Gasteiger partial charge in [-0.15, -0.1) is 0 Å². The Hall–Kier alpha value is -1.35. The van der Waals surface area contributed by atoms with E-state index in [1.165, 1.54) is 0 Å². The molecule has 0 spiro atoms. The second-order valence-corrected chi connectivity index (χ2v) is 4.24. The van der Waals surface area contributed by atoms with Crippen molar-refractivity contribution in [3.63, 3.8) is 0 Å². The fraction of sp³-hybridized carbons (Fsp3) is 0.143. The van der Waals surface area contributed by atoms with E-state index in [4.69, 9.17) is 22.4 Å². The summed E-state index contributed by atoms with van der Waals surface area (Å²) in [6.45, 7) is 0.435. The van der Waals surface area contributed by atoms with Crippen LogP contribution in [0.25, 0.3) is 11.1 Å². The molecule has 0 saturated carbocycles. The number of hydrogen-bond donors (Lipinski definition) is 2. The molecule has 0 saturated heterocycles. The van der Waals surface area contributed by atoms with Gasteiger partial charge in [-0.3, -0.25) is 0 Å². The SMILES string of the molecule is NCc1c(Cl)cccc1-c1cccc(CO)c1. The fourth-order valence-corrected chi connectivity index (χ4v) is 2.13. The molecular formula is C14H14ClNO. The lowest BCUT2D eigenvalue weighted by Crippen LogP contribution is -2.00. The molecule has 0 fully saturated rings. The molecule has 0 aromatic heterocycles. The molecule has 0 atom stereocenters. The monoisotopic (exact) mass is 247 g/mol. The van der Waals surface area contributed by atoms with Crippen LogP contribution in [0.3, 0.4) is 0 Å². The molecule has 0 unspecified atom stereocenters. The van der Waals surface area contributed by atoms with E-state index in [-0.39, 0.29) is 6.61 Å². The summed E-state index contributed by atoms with van der Waals surface area (Å²) in [5.74, 6) is 0. The van der Waals surface area contributed by atoms with Crippen molar-refractivity contribution in [2.75, 3.05) is 0 Å². The second-order valence-electron chi connectivity index (χ2n) is 3.83. The molecule has 0 heterocycles. The van der Waals surface area contributed by atoms with Crippen LogP contribution in [-0.2, 0) is 13.2 Å². The summed E-state index contributed by atoms with van der Waals surface area (Å²) in [5, 5.41) is 9.82. The highest BCUT2D eigenvalue weighted by molar-refractivity contribution is 6.31. The van der Waals surface area contributed by atoms with Gasteiger partial charge in [-0.2, -0.15) is 0 Å². The number of nitrogens with two attached hydrogens (primary N) is 1. The van der Waals surface area contributed by atoms with Crippen LogP contribution in [0.4, 0.5) is 0 Å². The molecule has 3 N–H and O–H groups in total. The van der Waals surface area contributed by atoms with Crippen molar-refractivity contribution in [1.82, 2.24) is 0 Å². The molecule has 0 radical (unpaired) electrons. The standard InChI is InChI=1S/C14H14ClNO/c15-14-6-2-5-12(13(14)8-16)11-4-1-3-10(7-11)9-17/h1-7,17H,8-9,16H2. The van der Waals surface area contributed by atoms with E-state index in [0.717, 1.165) is 22.3 Å². The van der Waals surface area contributed by atoms with E-state index in [9.17, 15) is 0 Å². The van der Waals surface area contributed by atoms with Gasteiger partial charge >= 0.3 is 0 Å². The van der Waals surface area contributed by atoms with Crippen molar-refractivity contribution in [1.29, 1.82) is 0 Å². The Morgan fingerprint density at radius 2 is 1.88 bits per heavy atom. The summed E-state index contributed by atoms with van der Waals surface area (Å²) in [5.41, 5.74) is 9.59. The van der Waals surface area contributed by atoms with E-state index in [1.54, 1.807) is 0 Å². The lowest BCUT2D eigenvalue weighted by atomic mass is 9.98. The first kappa shape index (κ1) is 12.1. The van der Waals surface area contributed by atoms with Gasteiger partial charge in [0.1, 0.15) is 0 Å². The number of hydrogen-bond acceptors (Lipinski definition) is 2. The average molecular weight is 248 g/mol. The quantitative estimate of drug-likeness (QED) is 0.876. The van der Waals surface area contributed by atoms with E-state index in [2.05, 4.69) is 0 Å². The van der Waals surface area contributed by atoms with Gasteiger partial charge in [0.15, 0.2) is 0 Å². The van der Waals surface area contributed by atoms with Crippen LogP contribution in [0.2, 0.25) is 5.02 Å². The van der Waals surface area contributed by atoms with Crippen LogP contribution in [-0.4, -0.2) is 5.11 Å². The van der Waals surface area contributed by atoms with Crippen molar-refractivity contribution in [3.8, 4) is 11.1 Å². The largest absolute Gasteiger partial charge is 0.392 e. The summed E-state index contributed by atoms with van der Waals surface area (Å²) in [4.78, 5) is 0. The Balaban J connectivity index is 2.55. The molecule has 3 heteroatoms. The molecule has 2 nitrogen and oxygen atoms in total. The van der Waals surface area contributed by atoms with Gasteiger partial charge in [0.05, 0.1) is 6.61 Å². The van der Waals surface area contributed by atoms with Crippen LogP contribution in [0.5, 0.6) is 0 Å². The zero-order valence-electron chi connectivity index (χ0n) is 9.36. The number of aliphatic hydroxyl groups is 1. The average Bonchev–Trinajstić information content (AvgIpc) is 2.38. The van der Waals surface area contributed by atoms with Crippen LogP contribution in [0.15, 0.2) is 42.5 Å². The summed E-state index contributed by atoms with van der Waals surface area (Å²) in [6, 6.07) is 13.5. The zero-order chi connectivity index (χ0) is 12.3. The number of aliphatic hydroxyl groups excluding tert-OH is 1. The third-order valence-electron chi connectivity index (χ3n) is 2.74. The third kappa shape index (κ3) is 2.50. The molecule has 0 amide bonds. The number of halogens is 1. The molecule has 0 aliphatic heterocycles. The van der Waals surface area contributed by atoms with Crippen LogP contribution >= 0.6 is 11.6 Å². The van der Waals surface area contributed by atoms with Gasteiger partial charge in [0.2, 0.25) is 0 Å². The first-order valence-electron chi connectivity index (χ1n) is 5.44. The Bertz CT molecular complexity index is 525. The number of rotatable bonds is 3. The van der Waals surface area contributed by atoms with E-state index in [1.807, 2.05) is 42.5 Å². The second kappa shape index (κ2) is 5.32. The zero-order valence-corrected chi connectivity index (χ0v) is 10.1. The maximum atomic E-state index is 9.14. The van der Waals surface area contributed by atoms with Gasteiger partial charge in [-0.1, -0.05) is 41.9 Å². The van der Waals surface area contributed by atoms with Crippen molar-refractivity contribution in [3.05, 3.63) is 58.6 Å². The minimum Gasteiger partial charge on any atom is -0.392 e. The molecule has 17 heavy (non-hydrogen) atoms. The Morgan fingerprint density at radius 3 is 2.59 bits per heavy atom. The topological polar surface area (TPSA) is 46.2 Å². The van der Waals surface area contributed by atoms with Crippen molar-refractivity contribution >= 4 is 11.6 Å². The molecule has 0 bridgehead atoms. The summed E-state index contributed by atoms with van der Waals surface area (Å²) in [6.07, 6.45) is 0. The maximum absolute atomic E-state index is 9.14. The summed E-state index contributed by atoms with van der Waals surface area (Å²) < 4.78 is 0. The third-order valence-corrected chi connectivity index (χ3v) is 3.10. The van der Waals surface area contributed by atoms with Crippen LogP contribution in [0.1, 0.15) is 11.1 Å². The molecule has 88 valence electrons. The first-order chi connectivity index (χ1) is 8.26. The Kier molecular flexibility index (Phi) is 3.79. The van der Waals surface area contributed by atoms with Gasteiger partial charge in [0.25, 0.3) is 0 Å². The Labute approximate surface area is 106 Å². The number of benzene rings is 2. The van der Waals surface area contributed by atoms with Crippen LogP contribution in [0, 0.1) is 0 Å². The molecule has 2 rings (SSSR count). The van der Waals surface area contributed by atoms with Crippen molar-refractivity contribution in [2.24, 2.45) is 5.73 Å². The highest BCUT2D eigenvalue weighted by Crippen LogP contribution is 2.29. The molecular weight excluding hydrogens is 234 g/mol. The molecule has 2 aromatic carbocycles. The minimum absolute atomic E-state index is 0.0341. The summed E-state index contributed by atoms with van der Waals surface area (Å²) >= 11 is 6.12. The smallest absolute Gasteiger partial charge is 0.0682 e. The first-order valence-corrected chi connectivity index (χ1v) is 5.81. The van der Waals surface area contributed by atoms with Crippen LogP contribution < -0.4 is 5.73 Å². The van der Waals surface area contributed by atoms with Crippen molar-refractivity contribution < 1.29 is 5.11 Å². The predicted molar refractivity (Wildman–Crippen MR) is 70.7 cm³/mol. The molecule has 2 aromatic rings. The van der Waals surface area contributed by atoms with Gasteiger partial charge in [-0.25, -0.2) is 0 Å². The fourth-order valence-electron chi connectivity index (χ4n) is 1.87. The summed E-state index contributed by atoms with van der Waals surface area (Å²) in [7, 11) is 0. The van der Waals surface area contributed by atoms with Gasteiger partial charge in [0, 0.05) is 11.6 Å².